The second-order valence-electron chi connectivity index (χ2n) is 6.60. The van der Waals surface area contributed by atoms with Crippen molar-refractivity contribution in [2.24, 2.45) is 5.10 Å². The SMILES string of the molecule is COc1cc(/C=N/Nc2nc3ccccc3s2)cc(I)c1OCc1ccc([N+](=O)[O-])cc1. The van der Waals surface area contributed by atoms with Crippen LogP contribution in [0.3, 0.4) is 0 Å². The maximum Gasteiger partial charge on any atom is 0.269 e. The molecule has 0 saturated heterocycles. The smallest absolute Gasteiger partial charge is 0.269 e. The van der Waals surface area contributed by atoms with Crippen LogP contribution in [0.1, 0.15) is 11.1 Å². The number of methoxy groups -OCH3 is 1. The van der Waals surface area contributed by atoms with Crippen LogP contribution >= 0.6 is 33.9 Å². The summed E-state index contributed by atoms with van der Waals surface area (Å²) in [7, 11) is 1.57. The van der Waals surface area contributed by atoms with Gasteiger partial charge < -0.3 is 9.47 Å². The third kappa shape index (κ3) is 5.14. The fourth-order valence-corrected chi connectivity index (χ4v) is 4.50. The summed E-state index contributed by atoms with van der Waals surface area (Å²) >= 11 is 3.71. The molecule has 8 nitrogen and oxygen atoms in total. The molecular formula is C22H17IN4O4S. The van der Waals surface area contributed by atoms with Gasteiger partial charge in [-0.2, -0.15) is 5.10 Å². The standard InChI is InChI=1S/C22H17IN4O4S/c1-30-19-11-15(12-24-26-22-25-18-4-2-3-5-20(18)32-22)10-17(23)21(19)31-13-14-6-8-16(9-7-14)27(28)29/h2-12H,13H2,1H3,(H,25,26)/b24-12+. The Labute approximate surface area is 201 Å². The number of nitrogens with one attached hydrogen (secondary N) is 1. The van der Waals surface area contributed by atoms with E-state index in [-0.39, 0.29) is 12.3 Å². The maximum atomic E-state index is 10.8. The number of aromatic nitrogens is 1. The number of ether oxygens (including phenoxy) is 2. The first-order valence-electron chi connectivity index (χ1n) is 9.42. The minimum atomic E-state index is -0.428. The molecule has 1 N–H and O–H groups in total. The number of non-ortho nitro benzene ring substituents is 1. The van der Waals surface area contributed by atoms with Gasteiger partial charge in [-0.25, -0.2) is 4.98 Å². The molecule has 0 spiro atoms. The van der Waals surface area contributed by atoms with Crippen molar-refractivity contribution >= 4 is 61.2 Å². The van der Waals surface area contributed by atoms with Crippen LogP contribution < -0.4 is 14.9 Å². The van der Waals surface area contributed by atoms with Crippen molar-refractivity contribution in [2.75, 3.05) is 12.5 Å². The predicted molar refractivity (Wildman–Crippen MR) is 134 cm³/mol. The highest BCUT2D eigenvalue weighted by Crippen LogP contribution is 2.34. The number of hydrazone groups is 1. The number of rotatable bonds is 8. The van der Waals surface area contributed by atoms with E-state index in [4.69, 9.17) is 9.47 Å². The molecule has 10 heteroatoms. The van der Waals surface area contributed by atoms with Gasteiger partial charge in [0.2, 0.25) is 5.13 Å². The molecule has 0 fully saturated rings. The van der Waals surface area contributed by atoms with E-state index in [9.17, 15) is 10.1 Å². The van der Waals surface area contributed by atoms with Crippen molar-refractivity contribution in [1.82, 2.24) is 4.98 Å². The van der Waals surface area contributed by atoms with E-state index in [0.717, 1.165) is 24.9 Å². The van der Waals surface area contributed by atoms with E-state index in [2.05, 4.69) is 38.1 Å². The summed E-state index contributed by atoms with van der Waals surface area (Å²) in [5.74, 6) is 1.17. The molecule has 3 aromatic carbocycles. The number of para-hydroxylation sites is 1. The summed E-state index contributed by atoms with van der Waals surface area (Å²) in [6.45, 7) is 0.261. The van der Waals surface area contributed by atoms with Gasteiger partial charge >= 0.3 is 0 Å². The summed E-state index contributed by atoms with van der Waals surface area (Å²) in [6.07, 6.45) is 1.69. The third-order valence-corrected chi connectivity index (χ3v) is 6.19. The van der Waals surface area contributed by atoms with Crippen LogP contribution in [0.15, 0.2) is 65.8 Å². The monoisotopic (exact) mass is 560 g/mol. The van der Waals surface area contributed by atoms with Crippen LogP contribution in [0, 0.1) is 13.7 Å². The third-order valence-electron chi connectivity index (χ3n) is 4.45. The highest BCUT2D eigenvalue weighted by atomic mass is 127. The molecule has 0 saturated carbocycles. The van der Waals surface area contributed by atoms with Crippen molar-refractivity contribution < 1.29 is 14.4 Å². The molecule has 0 aliphatic heterocycles. The molecule has 0 unspecified atom stereocenters. The van der Waals surface area contributed by atoms with Crippen LogP contribution in [-0.4, -0.2) is 23.2 Å². The van der Waals surface area contributed by atoms with Crippen molar-refractivity contribution in [3.05, 3.63) is 85.5 Å². The fourth-order valence-electron chi connectivity index (χ4n) is 2.91. The van der Waals surface area contributed by atoms with Crippen molar-refractivity contribution in [3.8, 4) is 11.5 Å². The van der Waals surface area contributed by atoms with Crippen LogP contribution in [0.25, 0.3) is 10.2 Å². The second kappa shape index (κ2) is 9.92. The summed E-state index contributed by atoms with van der Waals surface area (Å²) in [6, 6.07) is 17.9. The summed E-state index contributed by atoms with van der Waals surface area (Å²) in [5.41, 5.74) is 5.60. The Morgan fingerprint density at radius 1 is 1.22 bits per heavy atom. The van der Waals surface area contributed by atoms with Gasteiger partial charge in [-0.15, -0.1) is 0 Å². The molecule has 0 amide bonds. The molecule has 32 heavy (non-hydrogen) atoms. The zero-order valence-electron chi connectivity index (χ0n) is 16.8. The molecule has 4 rings (SSSR count). The minimum absolute atomic E-state index is 0.0454. The lowest BCUT2D eigenvalue weighted by Gasteiger charge is -2.13. The molecule has 1 heterocycles. The quantitative estimate of drug-likeness (QED) is 0.126. The number of halogens is 1. The van der Waals surface area contributed by atoms with Gasteiger partial charge in [0.15, 0.2) is 11.5 Å². The molecule has 0 bridgehead atoms. The second-order valence-corrected chi connectivity index (χ2v) is 8.80. The van der Waals surface area contributed by atoms with Crippen molar-refractivity contribution in [1.29, 1.82) is 0 Å². The van der Waals surface area contributed by atoms with Gasteiger partial charge in [0.25, 0.3) is 5.69 Å². The molecule has 0 atom stereocenters. The molecule has 0 aliphatic carbocycles. The summed E-state index contributed by atoms with van der Waals surface area (Å²) in [5, 5.41) is 15.8. The Bertz CT molecular complexity index is 1260. The lowest BCUT2D eigenvalue weighted by atomic mass is 10.2. The van der Waals surface area contributed by atoms with Crippen LogP contribution in [-0.2, 0) is 6.61 Å². The first-order valence-corrected chi connectivity index (χ1v) is 11.3. The minimum Gasteiger partial charge on any atom is -0.493 e. The van der Waals surface area contributed by atoms with E-state index in [1.165, 1.54) is 23.5 Å². The largest absolute Gasteiger partial charge is 0.493 e. The lowest BCUT2D eigenvalue weighted by molar-refractivity contribution is -0.384. The number of hydrogen-bond donors (Lipinski definition) is 1. The Morgan fingerprint density at radius 2 is 2.00 bits per heavy atom. The number of hydrogen-bond acceptors (Lipinski definition) is 8. The first-order chi connectivity index (χ1) is 15.5. The number of anilines is 1. The highest BCUT2D eigenvalue weighted by molar-refractivity contribution is 14.1. The Kier molecular flexibility index (Phi) is 6.81. The summed E-state index contributed by atoms with van der Waals surface area (Å²) < 4.78 is 13.4. The number of benzene rings is 3. The van der Waals surface area contributed by atoms with E-state index in [1.807, 2.05) is 36.4 Å². The molecule has 4 aromatic rings. The maximum absolute atomic E-state index is 10.8. The van der Waals surface area contributed by atoms with Gasteiger partial charge in [-0.3, -0.25) is 15.5 Å². The molecule has 1 aromatic heterocycles. The summed E-state index contributed by atoms with van der Waals surface area (Å²) in [4.78, 5) is 14.8. The van der Waals surface area contributed by atoms with E-state index in [0.29, 0.717) is 16.6 Å². The van der Waals surface area contributed by atoms with Gasteiger partial charge in [0.1, 0.15) is 6.61 Å². The Balaban J connectivity index is 1.45. The zero-order chi connectivity index (χ0) is 22.5. The van der Waals surface area contributed by atoms with Crippen LogP contribution in [0.4, 0.5) is 10.8 Å². The average Bonchev–Trinajstić information content (AvgIpc) is 3.21. The van der Waals surface area contributed by atoms with Crippen LogP contribution in [0.5, 0.6) is 11.5 Å². The highest BCUT2D eigenvalue weighted by Gasteiger charge is 2.12. The Morgan fingerprint density at radius 3 is 2.72 bits per heavy atom. The van der Waals surface area contributed by atoms with E-state index < -0.39 is 4.92 Å². The molecular weight excluding hydrogens is 543 g/mol. The number of fused-ring (bicyclic) bond motifs is 1. The predicted octanol–water partition coefficient (Wildman–Crippen LogP) is 5.84. The van der Waals surface area contributed by atoms with Gasteiger partial charge in [-0.05, 0) is 70.1 Å². The van der Waals surface area contributed by atoms with Gasteiger partial charge in [-0.1, -0.05) is 23.5 Å². The van der Waals surface area contributed by atoms with Crippen molar-refractivity contribution in [2.45, 2.75) is 6.61 Å². The van der Waals surface area contributed by atoms with Crippen molar-refractivity contribution in [3.63, 3.8) is 0 Å². The van der Waals surface area contributed by atoms with Gasteiger partial charge in [0, 0.05) is 12.1 Å². The zero-order valence-corrected chi connectivity index (χ0v) is 19.8. The number of nitro benzene ring substituents is 1. The van der Waals surface area contributed by atoms with Gasteiger partial charge in [0.05, 0.1) is 32.0 Å². The normalized spacial score (nSPS) is 11.1. The number of nitro groups is 1. The number of nitrogens with zero attached hydrogens (tertiary/aromatic N) is 3. The van der Waals surface area contributed by atoms with E-state index >= 15 is 0 Å². The van der Waals surface area contributed by atoms with E-state index in [1.54, 1.807) is 25.5 Å². The molecule has 0 aliphatic rings. The topological polar surface area (TPSA) is 98.9 Å². The fraction of sp³-hybridized carbons (Fsp3) is 0.0909. The number of thiazole rings is 1. The van der Waals surface area contributed by atoms with Crippen LogP contribution in [0.2, 0.25) is 0 Å². The average molecular weight is 560 g/mol. The molecule has 162 valence electrons. The lowest BCUT2D eigenvalue weighted by Crippen LogP contribution is -2.01. The molecule has 0 radical (unpaired) electrons. The first kappa shape index (κ1) is 22.0. The Hall–Kier alpha value is -3.25.